The van der Waals surface area contributed by atoms with Crippen LogP contribution in [-0.4, -0.2) is 29.6 Å². The summed E-state index contributed by atoms with van der Waals surface area (Å²) in [4.78, 5) is 17.1. The Balaban J connectivity index is 2.01. The highest BCUT2D eigenvalue weighted by Crippen LogP contribution is 2.22. The monoisotopic (exact) mass is 289 g/mol. The van der Waals surface area contributed by atoms with E-state index < -0.39 is 0 Å². The summed E-state index contributed by atoms with van der Waals surface area (Å²) in [5.41, 5.74) is 4.35. The molecule has 3 heterocycles. The van der Waals surface area contributed by atoms with E-state index in [1.54, 1.807) is 16.3 Å². The summed E-state index contributed by atoms with van der Waals surface area (Å²) in [5.74, 6) is 0. The molecular formula is C13H15N5OS. The van der Waals surface area contributed by atoms with Crippen LogP contribution < -0.4 is 0 Å². The van der Waals surface area contributed by atoms with Crippen LogP contribution in [-0.2, 0) is 6.54 Å². The van der Waals surface area contributed by atoms with Crippen LogP contribution in [0.15, 0.2) is 17.1 Å². The third kappa shape index (κ3) is 2.36. The SMILES string of the molecule is CCCCCn1c(O)nc2ncc(-c3cscn3)nc21. The van der Waals surface area contributed by atoms with Crippen molar-refractivity contribution in [3.8, 4) is 17.4 Å². The lowest BCUT2D eigenvalue weighted by Crippen LogP contribution is -2.00. The van der Waals surface area contributed by atoms with Crippen molar-refractivity contribution in [3.05, 3.63) is 17.1 Å². The second kappa shape index (κ2) is 5.54. The molecule has 0 radical (unpaired) electrons. The van der Waals surface area contributed by atoms with Crippen LogP contribution in [0.1, 0.15) is 26.2 Å². The summed E-state index contributed by atoms with van der Waals surface area (Å²) >= 11 is 1.52. The molecule has 0 bridgehead atoms. The molecule has 3 rings (SSSR count). The maximum atomic E-state index is 9.91. The van der Waals surface area contributed by atoms with E-state index in [1.807, 2.05) is 5.38 Å². The molecule has 0 aliphatic heterocycles. The van der Waals surface area contributed by atoms with Gasteiger partial charge >= 0.3 is 0 Å². The molecule has 20 heavy (non-hydrogen) atoms. The second-order valence-electron chi connectivity index (χ2n) is 4.55. The van der Waals surface area contributed by atoms with Crippen LogP contribution in [0.25, 0.3) is 22.7 Å². The van der Waals surface area contributed by atoms with Gasteiger partial charge in [0.2, 0.25) is 5.65 Å². The zero-order valence-electron chi connectivity index (χ0n) is 11.2. The summed E-state index contributed by atoms with van der Waals surface area (Å²) in [6.45, 7) is 2.84. The lowest BCUT2D eigenvalue weighted by molar-refractivity contribution is 0.396. The molecule has 7 heteroatoms. The summed E-state index contributed by atoms with van der Waals surface area (Å²) < 4.78 is 1.72. The standard InChI is InChI=1S/C13H15N5OS/c1-2-3-4-5-18-12-11(17-13(18)19)14-6-9(16-12)10-7-20-8-15-10/h6-8H,2-5H2,1H3,(H,14,17,19). The molecule has 0 aromatic carbocycles. The Morgan fingerprint density at radius 1 is 1.20 bits per heavy atom. The lowest BCUT2D eigenvalue weighted by Gasteiger charge is -2.04. The zero-order chi connectivity index (χ0) is 13.9. The Labute approximate surface area is 120 Å². The predicted molar refractivity (Wildman–Crippen MR) is 77.6 cm³/mol. The topological polar surface area (TPSA) is 76.7 Å². The Kier molecular flexibility index (Phi) is 3.60. The van der Waals surface area contributed by atoms with Crippen LogP contribution in [0, 0.1) is 0 Å². The van der Waals surface area contributed by atoms with Crippen molar-refractivity contribution in [3.63, 3.8) is 0 Å². The maximum Gasteiger partial charge on any atom is 0.297 e. The number of aromatic hydroxyl groups is 1. The highest BCUT2D eigenvalue weighted by molar-refractivity contribution is 7.07. The average Bonchev–Trinajstić information content (AvgIpc) is 3.07. The van der Waals surface area contributed by atoms with E-state index >= 15 is 0 Å². The molecule has 104 valence electrons. The van der Waals surface area contributed by atoms with Gasteiger partial charge in [-0.05, 0) is 6.42 Å². The van der Waals surface area contributed by atoms with E-state index in [4.69, 9.17) is 0 Å². The molecule has 0 aliphatic carbocycles. The molecule has 1 N–H and O–H groups in total. The van der Waals surface area contributed by atoms with Gasteiger partial charge in [-0.3, -0.25) is 4.57 Å². The molecule has 0 saturated heterocycles. The van der Waals surface area contributed by atoms with Crippen molar-refractivity contribution in [2.75, 3.05) is 0 Å². The number of rotatable bonds is 5. The largest absolute Gasteiger partial charge is 0.480 e. The van der Waals surface area contributed by atoms with Gasteiger partial charge in [-0.2, -0.15) is 4.98 Å². The number of hydrogen-bond donors (Lipinski definition) is 1. The van der Waals surface area contributed by atoms with Crippen LogP contribution in [0.5, 0.6) is 6.01 Å². The van der Waals surface area contributed by atoms with E-state index in [-0.39, 0.29) is 6.01 Å². The van der Waals surface area contributed by atoms with E-state index in [9.17, 15) is 5.11 Å². The van der Waals surface area contributed by atoms with E-state index in [0.717, 1.165) is 25.0 Å². The minimum absolute atomic E-state index is 0.0217. The van der Waals surface area contributed by atoms with Gasteiger partial charge in [-0.1, -0.05) is 19.8 Å². The Bertz CT molecular complexity index is 707. The third-order valence-electron chi connectivity index (χ3n) is 3.12. The number of fused-ring (bicyclic) bond motifs is 1. The van der Waals surface area contributed by atoms with Gasteiger partial charge in [0, 0.05) is 11.9 Å². The molecule has 0 fully saturated rings. The van der Waals surface area contributed by atoms with E-state index in [0.29, 0.717) is 23.5 Å². The van der Waals surface area contributed by atoms with Crippen molar-refractivity contribution < 1.29 is 5.11 Å². The zero-order valence-corrected chi connectivity index (χ0v) is 12.0. The highest BCUT2D eigenvalue weighted by Gasteiger charge is 2.13. The van der Waals surface area contributed by atoms with Crippen LogP contribution >= 0.6 is 11.3 Å². The first-order chi connectivity index (χ1) is 9.79. The van der Waals surface area contributed by atoms with Gasteiger partial charge in [0.15, 0.2) is 5.65 Å². The Morgan fingerprint density at radius 3 is 2.85 bits per heavy atom. The number of imidazole rings is 1. The normalized spacial score (nSPS) is 11.2. The first kappa shape index (κ1) is 13.0. The van der Waals surface area contributed by atoms with Crippen LogP contribution in [0.2, 0.25) is 0 Å². The van der Waals surface area contributed by atoms with Gasteiger partial charge in [0.05, 0.1) is 11.7 Å². The predicted octanol–water partition coefficient (Wildman–Crippen LogP) is 2.85. The number of nitrogens with zero attached hydrogens (tertiary/aromatic N) is 5. The first-order valence-corrected chi connectivity index (χ1v) is 7.54. The number of thiazole rings is 1. The molecule has 3 aromatic heterocycles. The molecule has 0 atom stereocenters. The van der Waals surface area contributed by atoms with Gasteiger partial charge in [0.1, 0.15) is 11.4 Å². The average molecular weight is 289 g/mol. The third-order valence-corrected chi connectivity index (χ3v) is 3.70. The summed E-state index contributed by atoms with van der Waals surface area (Å²) in [5, 5.41) is 11.8. The molecule has 0 unspecified atom stereocenters. The smallest absolute Gasteiger partial charge is 0.297 e. The van der Waals surface area contributed by atoms with Crippen molar-refractivity contribution in [1.82, 2.24) is 24.5 Å². The Morgan fingerprint density at radius 2 is 2.10 bits per heavy atom. The minimum atomic E-state index is -0.0217. The fraction of sp³-hybridized carbons (Fsp3) is 0.385. The highest BCUT2D eigenvalue weighted by atomic mass is 32.1. The number of unbranched alkanes of at least 4 members (excludes halogenated alkanes) is 2. The maximum absolute atomic E-state index is 9.91. The molecule has 3 aromatic rings. The number of hydrogen-bond acceptors (Lipinski definition) is 6. The second-order valence-corrected chi connectivity index (χ2v) is 5.27. The van der Waals surface area contributed by atoms with Crippen LogP contribution in [0.4, 0.5) is 0 Å². The van der Waals surface area contributed by atoms with Crippen molar-refractivity contribution in [2.24, 2.45) is 0 Å². The summed E-state index contributed by atoms with van der Waals surface area (Å²) in [6.07, 6.45) is 4.86. The van der Waals surface area contributed by atoms with Gasteiger partial charge in [-0.25, -0.2) is 15.0 Å². The number of aryl methyl sites for hydroxylation is 1. The van der Waals surface area contributed by atoms with E-state index in [1.165, 1.54) is 11.3 Å². The van der Waals surface area contributed by atoms with Crippen molar-refractivity contribution in [1.29, 1.82) is 0 Å². The lowest BCUT2D eigenvalue weighted by atomic mass is 10.2. The fourth-order valence-electron chi connectivity index (χ4n) is 2.07. The molecule has 0 saturated carbocycles. The fourth-order valence-corrected chi connectivity index (χ4v) is 2.62. The van der Waals surface area contributed by atoms with Crippen molar-refractivity contribution >= 4 is 22.6 Å². The molecule has 0 amide bonds. The molecule has 0 aliphatic rings. The number of aromatic nitrogens is 5. The first-order valence-electron chi connectivity index (χ1n) is 6.60. The van der Waals surface area contributed by atoms with Gasteiger partial charge in [-0.15, -0.1) is 11.3 Å². The summed E-state index contributed by atoms with van der Waals surface area (Å²) in [6, 6.07) is -0.0217. The van der Waals surface area contributed by atoms with E-state index in [2.05, 4.69) is 26.9 Å². The quantitative estimate of drug-likeness (QED) is 0.731. The molecule has 6 nitrogen and oxygen atoms in total. The minimum Gasteiger partial charge on any atom is -0.480 e. The summed E-state index contributed by atoms with van der Waals surface area (Å²) in [7, 11) is 0. The van der Waals surface area contributed by atoms with Crippen molar-refractivity contribution in [2.45, 2.75) is 32.7 Å². The van der Waals surface area contributed by atoms with Gasteiger partial charge < -0.3 is 5.11 Å². The van der Waals surface area contributed by atoms with Crippen LogP contribution in [0.3, 0.4) is 0 Å². The van der Waals surface area contributed by atoms with Gasteiger partial charge in [0.25, 0.3) is 6.01 Å². The Hall–Kier alpha value is -2.02. The molecular weight excluding hydrogens is 274 g/mol. The molecule has 0 spiro atoms.